The molecule has 0 saturated carbocycles. The maximum atomic E-state index is 13.0. The number of hydrogen-bond acceptors (Lipinski definition) is 2. The number of halogens is 4. The summed E-state index contributed by atoms with van der Waals surface area (Å²) in [5.74, 6) is -4.73. The second kappa shape index (κ2) is 6.25. The lowest BCUT2D eigenvalue weighted by Gasteiger charge is -2.32. The Morgan fingerprint density at radius 2 is 1.89 bits per heavy atom. The van der Waals surface area contributed by atoms with E-state index in [1.807, 2.05) is 6.92 Å². The highest BCUT2D eigenvalue weighted by molar-refractivity contribution is 5.94. The fraction of sp³-hybridized carbons (Fsp3) is 0.417. The maximum absolute atomic E-state index is 13.0. The van der Waals surface area contributed by atoms with E-state index in [0.29, 0.717) is 19.6 Å². The van der Waals surface area contributed by atoms with Crippen LogP contribution in [0.4, 0.5) is 13.2 Å². The second-order valence-corrected chi connectivity index (χ2v) is 4.36. The van der Waals surface area contributed by atoms with Crippen molar-refractivity contribution in [2.75, 3.05) is 19.6 Å². The Morgan fingerprint density at radius 1 is 1.32 bits per heavy atom. The third kappa shape index (κ3) is 3.39. The highest BCUT2D eigenvalue weighted by Crippen LogP contribution is 2.16. The van der Waals surface area contributed by atoms with Crippen molar-refractivity contribution in [1.82, 2.24) is 10.2 Å². The highest BCUT2D eigenvalue weighted by atomic mass is 35.5. The summed E-state index contributed by atoms with van der Waals surface area (Å²) in [7, 11) is 0. The van der Waals surface area contributed by atoms with E-state index in [1.54, 1.807) is 0 Å². The van der Waals surface area contributed by atoms with Gasteiger partial charge in [-0.05, 0) is 19.1 Å². The van der Waals surface area contributed by atoms with Gasteiger partial charge in [-0.15, -0.1) is 12.4 Å². The van der Waals surface area contributed by atoms with Crippen LogP contribution in [0.15, 0.2) is 12.1 Å². The van der Waals surface area contributed by atoms with Gasteiger partial charge in [0.2, 0.25) is 0 Å². The Kier molecular flexibility index (Phi) is 5.20. The van der Waals surface area contributed by atoms with E-state index in [4.69, 9.17) is 0 Å². The van der Waals surface area contributed by atoms with Gasteiger partial charge in [-0.3, -0.25) is 4.79 Å². The Labute approximate surface area is 115 Å². The van der Waals surface area contributed by atoms with Gasteiger partial charge in [0, 0.05) is 31.2 Å². The molecule has 0 aromatic heterocycles. The van der Waals surface area contributed by atoms with Crippen LogP contribution >= 0.6 is 12.4 Å². The smallest absolute Gasteiger partial charge is 0.254 e. The molecule has 1 N–H and O–H groups in total. The molecule has 0 unspecified atom stereocenters. The van der Waals surface area contributed by atoms with Gasteiger partial charge in [0.05, 0.1) is 0 Å². The van der Waals surface area contributed by atoms with Gasteiger partial charge in [0.25, 0.3) is 5.91 Å². The lowest BCUT2D eigenvalue weighted by Crippen LogP contribution is -2.51. The van der Waals surface area contributed by atoms with Crippen molar-refractivity contribution in [1.29, 1.82) is 0 Å². The Morgan fingerprint density at radius 3 is 2.42 bits per heavy atom. The molecule has 1 atom stereocenters. The summed E-state index contributed by atoms with van der Waals surface area (Å²) in [6.07, 6.45) is 0. The van der Waals surface area contributed by atoms with Gasteiger partial charge >= 0.3 is 0 Å². The second-order valence-electron chi connectivity index (χ2n) is 4.36. The molecule has 3 nitrogen and oxygen atoms in total. The predicted molar refractivity (Wildman–Crippen MR) is 66.9 cm³/mol. The maximum Gasteiger partial charge on any atom is 0.254 e. The molecule has 1 aliphatic heterocycles. The highest BCUT2D eigenvalue weighted by Gasteiger charge is 2.23. The molecule has 1 aromatic carbocycles. The third-order valence-corrected chi connectivity index (χ3v) is 2.89. The largest absolute Gasteiger partial charge is 0.336 e. The van der Waals surface area contributed by atoms with Crippen LogP contribution in [-0.4, -0.2) is 36.5 Å². The monoisotopic (exact) mass is 294 g/mol. The summed E-state index contributed by atoms with van der Waals surface area (Å²) in [6.45, 7) is 3.45. The summed E-state index contributed by atoms with van der Waals surface area (Å²) >= 11 is 0. The van der Waals surface area contributed by atoms with Gasteiger partial charge in [-0.25, -0.2) is 13.2 Å². The van der Waals surface area contributed by atoms with Crippen molar-refractivity contribution in [2.24, 2.45) is 0 Å². The van der Waals surface area contributed by atoms with Crippen molar-refractivity contribution >= 4 is 18.3 Å². The van der Waals surface area contributed by atoms with E-state index < -0.39 is 23.4 Å². The number of hydrogen-bond donors (Lipinski definition) is 1. The topological polar surface area (TPSA) is 32.3 Å². The van der Waals surface area contributed by atoms with E-state index in [-0.39, 0.29) is 24.0 Å². The summed E-state index contributed by atoms with van der Waals surface area (Å²) in [5.41, 5.74) is -0.166. The molecule has 1 fully saturated rings. The lowest BCUT2D eigenvalue weighted by molar-refractivity contribution is 0.0708. The van der Waals surface area contributed by atoms with Crippen LogP contribution in [0.2, 0.25) is 0 Å². The van der Waals surface area contributed by atoms with Gasteiger partial charge < -0.3 is 10.2 Å². The number of nitrogens with zero attached hydrogens (tertiary/aromatic N) is 1. The van der Waals surface area contributed by atoms with E-state index in [2.05, 4.69) is 5.32 Å². The molecule has 1 amide bonds. The van der Waals surface area contributed by atoms with Gasteiger partial charge in [-0.1, -0.05) is 0 Å². The molecule has 106 valence electrons. The van der Waals surface area contributed by atoms with Crippen LogP contribution in [0.25, 0.3) is 0 Å². The van der Waals surface area contributed by atoms with E-state index in [0.717, 1.165) is 12.1 Å². The summed E-state index contributed by atoms with van der Waals surface area (Å²) < 4.78 is 38.9. The summed E-state index contributed by atoms with van der Waals surface area (Å²) in [5, 5.41) is 3.15. The first-order valence-corrected chi connectivity index (χ1v) is 5.66. The van der Waals surface area contributed by atoms with Crippen molar-refractivity contribution in [3.8, 4) is 0 Å². The van der Waals surface area contributed by atoms with Crippen LogP contribution in [0.3, 0.4) is 0 Å². The molecular weight excluding hydrogens is 281 g/mol. The average Bonchev–Trinajstić information content (AvgIpc) is 2.34. The SMILES string of the molecule is C[C@H]1CN(C(=O)c2cc(F)c(F)c(F)c2)CCN1.Cl. The zero-order valence-electron chi connectivity index (χ0n) is 10.3. The number of piperazine rings is 1. The molecule has 0 spiro atoms. The molecular formula is C12H14ClF3N2O. The van der Waals surface area contributed by atoms with Gasteiger partial charge in [0.1, 0.15) is 0 Å². The molecule has 1 heterocycles. The number of benzene rings is 1. The molecule has 0 aliphatic carbocycles. The Hall–Kier alpha value is -1.27. The zero-order chi connectivity index (χ0) is 13.3. The Bertz CT molecular complexity index is 461. The fourth-order valence-electron chi connectivity index (χ4n) is 1.98. The van der Waals surface area contributed by atoms with Crippen LogP contribution in [0.5, 0.6) is 0 Å². The molecule has 2 rings (SSSR count). The molecule has 1 aromatic rings. The molecule has 0 bridgehead atoms. The number of nitrogens with one attached hydrogen (secondary N) is 1. The van der Waals surface area contributed by atoms with Crippen LogP contribution < -0.4 is 5.32 Å². The fourth-order valence-corrected chi connectivity index (χ4v) is 1.98. The van der Waals surface area contributed by atoms with Crippen LogP contribution in [0, 0.1) is 17.5 Å². The number of rotatable bonds is 1. The minimum atomic E-state index is -1.56. The average molecular weight is 295 g/mol. The Balaban J connectivity index is 0.00000180. The first kappa shape index (κ1) is 15.8. The van der Waals surface area contributed by atoms with E-state index in [9.17, 15) is 18.0 Å². The lowest BCUT2D eigenvalue weighted by atomic mass is 10.1. The van der Waals surface area contributed by atoms with Crippen LogP contribution in [0.1, 0.15) is 17.3 Å². The number of carbonyl (C=O) groups excluding carboxylic acids is 1. The van der Waals surface area contributed by atoms with E-state index in [1.165, 1.54) is 4.90 Å². The molecule has 1 aliphatic rings. The van der Waals surface area contributed by atoms with Crippen molar-refractivity contribution in [3.05, 3.63) is 35.1 Å². The van der Waals surface area contributed by atoms with Crippen molar-refractivity contribution in [3.63, 3.8) is 0 Å². The van der Waals surface area contributed by atoms with Crippen molar-refractivity contribution < 1.29 is 18.0 Å². The molecule has 0 radical (unpaired) electrons. The van der Waals surface area contributed by atoms with E-state index >= 15 is 0 Å². The first-order chi connectivity index (χ1) is 8.49. The molecule has 1 saturated heterocycles. The predicted octanol–water partition coefficient (Wildman–Crippen LogP) is 1.96. The van der Waals surface area contributed by atoms with Gasteiger partial charge in [-0.2, -0.15) is 0 Å². The first-order valence-electron chi connectivity index (χ1n) is 5.66. The van der Waals surface area contributed by atoms with Gasteiger partial charge in [0.15, 0.2) is 17.5 Å². The number of amides is 1. The van der Waals surface area contributed by atoms with Crippen LogP contribution in [-0.2, 0) is 0 Å². The summed E-state index contributed by atoms with van der Waals surface area (Å²) in [4.78, 5) is 13.5. The molecule has 7 heteroatoms. The minimum Gasteiger partial charge on any atom is -0.336 e. The zero-order valence-corrected chi connectivity index (χ0v) is 11.1. The van der Waals surface area contributed by atoms with Crippen molar-refractivity contribution in [2.45, 2.75) is 13.0 Å². The standard InChI is InChI=1S/C12H13F3N2O.ClH/c1-7-6-17(3-2-16-7)12(18)8-4-9(13)11(15)10(14)5-8;/h4-5,7,16H,2-3,6H2,1H3;1H/t7-;/m0./s1. The normalized spacial score (nSPS) is 18.9. The summed E-state index contributed by atoms with van der Waals surface area (Å²) in [6, 6.07) is 1.58. The molecule has 19 heavy (non-hydrogen) atoms. The minimum absolute atomic E-state index is 0. The quantitative estimate of drug-likeness (QED) is 0.803. The number of carbonyl (C=O) groups is 1. The third-order valence-electron chi connectivity index (χ3n) is 2.89.